The van der Waals surface area contributed by atoms with Crippen molar-refractivity contribution in [2.45, 2.75) is 18.1 Å². The van der Waals surface area contributed by atoms with Gasteiger partial charge in [-0.05, 0) is 35.4 Å². The zero-order chi connectivity index (χ0) is 22.6. The number of urea groups is 1. The summed E-state index contributed by atoms with van der Waals surface area (Å²) >= 11 is 3.36. The number of carbonyl (C=O) groups is 2. The van der Waals surface area contributed by atoms with E-state index in [-0.39, 0.29) is 19.1 Å². The zero-order valence-electron chi connectivity index (χ0n) is 17.3. The average Bonchev–Trinajstić information content (AvgIpc) is 3.05. The Bertz CT molecular complexity index is 1080. The van der Waals surface area contributed by atoms with Crippen LogP contribution in [0.4, 0.5) is 4.79 Å². The second kappa shape index (κ2) is 9.54. The number of aliphatic hydroxyl groups is 1. The van der Waals surface area contributed by atoms with E-state index in [9.17, 15) is 14.7 Å². The Morgan fingerprint density at radius 2 is 1.56 bits per heavy atom. The van der Waals surface area contributed by atoms with E-state index in [0.29, 0.717) is 17.7 Å². The number of amides is 3. The maximum Gasteiger partial charge on any atom is 0.325 e. The molecule has 2 N–H and O–H groups in total. The summed E-state index contributed by atoms with van der Waals surface area (Å²) in [5.41, 5.74) is 0.391. The molecule has 0 spiro atoms. The van der Waals surface area contributed by atoms with Crippen molar-refractivity contribution >= 4 is 27.9 Å². The van der Waals surface area contributed by atoms with E-state index >= 15 is 0 Å². The number of imide groups is 1. The van der Waals surface area contributed by atoms with Crippen LogP contribution in [0.3, 0.4) is 0 Å². The molecular weight excluding hydrogens is 472 g/mol. The number of nitrogens with one attached hydrogen (secondary N) is 1. The van der Waals surface area contributed by atoms with Gasteiger partial charge in [0.2, 0.25) is 0 Å². The molecule has 1 aliphatic rings. The highest BCUT2D eigenvalue weighted by atomic mass is 79.9. The lowest BCUT2D eigenvalue weighted by molar-refractivity contribution is -0.132. The summed E-state index contributed by atoms with van der Waals surface area (Å²) in [6.07, 6.45) is -0.721. The molecule has 3 amide bonds. The standard InChI is InChI=1S/C25H23BrN2O4/c26-20-11-13-22(14-12-20)32-17-21(29)16-28-23(30)25(27-24(28)31,19-9-5-2-6-10-19)15-18-7-3-1-4-8-18/h1-14,21,29H,15-17H2,(H,27,31). The molecule has 2 atom stereocenters. The number of halogens is 1. The lowest BCUT2D eigenvalue weighted by Gasteiger charge is -2.28. The lowest BCUT2D eigenvalue weighted by Crippen LogP contribution is -2.46. The third kappa shape index (κ3) is 4.69. The van der Waals surface area contributed by atoms with Crippen LogP contribution in [0.5, 0.6) is 5.75 Å². The first kappa shape index (κ1) is 22.0. The fraction of sp³-hybridized carbons (Fsp3) is 0.200. The topological polar surface area (TPSA) is 78.9 Å². The molecule has 4 rings (SSSR count). The van der Waals surface area contributed by atoms with Gasteiger partial charge in [0.05, 0.1) is 6.54 Å². The first-order chi connectivity index (χ1) is 15.5. The second-order valence-corrected chi connectivity index (χ2v) is 8.61. The first-order valence-corrected chi connectivity index (χ1v) is 11.1. The molecule has 3 aromatic rings. The van der Waals surface area contributed by atoms with Gasteiger partial charge in [-0.15, -0.1) is 0 Å². The summed E-state index contributed by atoms with van der Waals surface area (Å²) in [4.78, 5) is 27.5. The molecule has 0 aliphatic carbocycles. The SMILES string of the molecule is O=C1NC(Cc2ccccc2)(c2ccccc2)C(=O)N1CC(O)COc1ccc(Br)cc1. The predicted molar refractivity (Wildman–Crippen MR) is 124 cm³/mol. The van der Waals surface area contributed by atoms with E-state index < -0.39 is 17.7 Å². The molecule has 0 aromatic heterocycles. The quantitative estimate of drug-likeness (QED) is 0.465. The molecule has 0 radical (unpaired) electrons. The molecular formula is C25H23BrN2O4. The average molecular weight is 495 g/mol. The third-order valence-electron chi connectivity index (χ3n) is 5.40. The minimum absolute atomic E-state index is 0.0459. The minimum Gasteiger partial charge on any atom is -0.491 e. The largest absolute Gasteiger partial charge is 0.491 e. The Kier molecular flexibility index (Phi) is 6.58. The lowest BCUT2D eigenvalue weighted by atomic mass is 9.83. The molecule has 6 nitrogen and oxygen atoms in total. The third-order valence-corrected chi connectivity index (χ3v) is 5.93. The van der Waals surface area contributed by atoms with Crippen LogP contribution in [0, 0.1) is 0 Å². The number of hydrogen-bond donors (Lipinski definition) is 2. The van der Waals surface area contributed by atoms with Crippen LogP contribution in [0.2, 0.25) is 0 Å². The van der Waals surface area contributed by atoms with Crippen molar-refractivity contribution in [2.75, 3.05) is 13.2 Å². The van der Waals surface area contributed by atoms with E-state index in [0.717, 1.165) is 14.9 Å². The molecule has 1 saturated heterocycles. The molecule has 0 saturated carbocycles. The van der Waals surface area contributed by atoms with Crippen molar-refractivity contribution in [3.05, 3.63) is 101 Å². The summed E-state index contributed by atoms with van der Waals surface area (Å²) < 4.78 is 6.51. The highest BCUT2D eigenvalue weighted by Crippen LogP contribution is 2.33. The molecule has 32 heavy (non-hydrogen) atoms. The van der Waals surface area contributed by atoms with E-state index in [2.05, 4.69) is 21.2 Å². The number of hydrogen-bond acceptors (Lipinski definition) is 4. The van der Waals surface area contributed by atoms with Crippen LogP contribution in [0.1, 0.15) is 11.1 Å². The van der Waals surface area contributed by atoms with Crippen molar-refractivity contribution < 1.29 is 19.4 Å². The number of ether oxygens (including phenoxy) is 1. The minimum atomic E-state index is -1.23. The van der Waals surface area contributed by atoms with Crippen LogP contribution in [-0.2, 0) is 16.8 Å². The second-order valence-electron chi connectivity index (χ2n) is 7.70. The molecule has 1 fully saturated rings. The van der Waals surface area contributed by atoms with Crippen LogP contribution in [-0.4, -0.2) is 41.2 Å². The van der Waals surface area contributed by atoms with Gasteiger partial charge in [-0.25, -0.2) is 4.79 Å². The number of nitrogens with zero attached hydrogens (tertiary/aromatic N) is 1. The van der Waals surface area contributed by atoms with E-state index in [1.54, 1.807) is 12.1 Å². The Morgan fingerprint density at radius 1 is 0.938 bits per heavy atom. The van der Waals surface area contributed by atoms with Gasteiger partial charge in [-0.1, -0.05) is 76.6 Å². The van der Waals surface area contributed by atoms with Gasteiger partial charge in [0.25, 0.3) is 5.91 Å². The molecule has 1 heterocycles. The normalized spacial score (nSPS) is 19.0. The van der Waals surface area contributed by atoms with Gasteiger partial charge in [-0.2, -0.15) is 0 Å². The predicted octanol–water partition coefficient (Wildman–Crippen LogP) is 3.88. The van der Waals surface area contributed by atoms with Gasteiger partial charge < -0.3 is 15.2 Å². The molecule has 3 aromatic carbocycles. The summed E-state index contributed by atoms with van der Waals surface area (Å²) in [5.74, 6) is 0.201. The van der Waals surface area contributed by atoms with Crippen molar-refractivity contribution in [3.8, 4) is 5.75 Å². The maximum absolute atomic E-state index is 13.6. The van der Waals surface area contributed by atoms with Gasteiger partial charge in [-0.3, -0.25) is 9.69 Å². The Labute approximate surface area is 195 Å². The number of rotatable bonds is 8. The fourth-order valence-corrected chi connectivity index (χ4v) is 4.09. The molecule has 1 aliphatic heterocycles. The van der Waals surface area contributed by atoms with Crippen LogP contribution in [0.25, 0.3) is 0 Å². The van der Waals surface area contributed by atoms with E-state index in [1.165, 1.54) is 0 Å². The number of β-amino-alcohol motifs (C(OH)–C–C–N with tert-alkyl or cyclic N) is 1. The number of aliphatic hydroxyl groups excluding tert-OH is 1. The fourth-order valence-electron chi connectivity index (χ4n) is 3.82. The Morgan fingerprint density at radius 3 is 2.22 bits per heavy atom. The molecule has 164 valence electrons. The maximum atomic E-state index is 13.6. The van der Waals surface area contributed by atoms with E-state index in [1.807, 2.05) is 72.8 Å². The van der Waals surface area contributed by atoms with Crippen LogP contribution >= 0.6 is 15.9 Å². The zero-order valence-corrected chi connectivity index (χ0v) is 18.9. The monoisotopic (exact) mass is 494 g/mol. The van der Waals surface area contributed by atoms with Crippen molar-refractivity contribution in [1.29, 1.82) is 0 Å². The number of carbonyl (C=O) groups excluding carboxylic acids is 2. The summed E-state index contributed by atoms with van der Waals surface area (Å²) in [5, 5.41) is 13.4. The van der Waals surface area contributed by atoms with Crippen LogP contribution in [0.15, 0.2) is 89.4 Å². The highest BCUT2D eigenvalue weighted by Gasteiger charge is 2.52. The van der Waals surface area contributed by atoms with Crippen molar-refractivity contribution in [1.82, 2.24) is 10.2 Å². The summed E-state index contributed by atoms with van der Waals surface area (Å²) in [6.45, 7) is -0.208. The summed E-state index contributed by atoms with van der Waals surface area (Å²) in [7, 11) is 0. The molecule has 7 heteroatoms. The van der Waals surface area contributed by atoms with Gasteiger partial charge in [0, 0.05) is 10.9 Å². The number of benzene rings is 3. The molecule has 0 bridgehead atoms. The smallest absolute Gasteiger partial charge is 0.325 e. The summed E-state index contributed by atoms with van der Waals surface area (Å²) in [6, 6.07) is 25.4. The Hall–Kier alpha value is -3.16. The van der Waals surface area contributed by atoms with E-state index in [4.69, 9.17) is 4.74 Å². The Balaban J connectivity index is 1.52. The first-order valence-electron chi connectivity index (χ1n) is 10.3. The van der Waals surface area contributed by atoms with Crippen LogP contribution < -0.4 is 10.1 Å². The molecule has 2 unspecified atom stereocenters. The van der Waals surface area contributed by atoms with Crippen molar-refractivity contribution in [2.24, 2.45) is 0 Å². The van der Waals surface area contributed by atoms with Gasteiger partial charge in [0.15, 0.2) is 5.54 Å². The highest BCUT2D eigenvalue weighted by molar-refractivity contribution is 9.10. The van der Waals surface area contributed by atoms with Gasteiger partial charge >= 0.3 is 6.03 Å². The van der Waals surface area contributed by atoms with Crippen molar-refractivity contribution in [3.63, 3.8) is 0 Å². The van der Waals surface area contributed by atoms with Gasteiger partial charge in [0.1, 0.15) is 18.5 Å².